The van der Waals surface area contributed by atoms with Crippen LogP contribution in [0, 0.1) is 22.7 Å². The Kier molecular flexibility index (Phi) is 3.05. The van der Waals surface area contributed by atoms with Gasteiger partial charge in [0.05, 0.1) is 16.8 Å². The summed E-state index contributed by atoms with van der Waals surface area (Å²) in [6, 6.07) is 9.50. The molecule has 0 spiro atoms. The van der Waals surface area contributed by atoms with Crippen molar-refractivity contribution in [2.24, 2.45) is 0 Å². The molecule has 1 saturated heterocycles. The molecule has 0 atom stereocenters. The predicted molar refractivity (Wildman–Crippen MR) is 60.5 cm³/mol. The highest BCUT2D eigenvalue weighted by atomic mass is 15.5. The van der Waals surface area contributed by atoms with Crippen molar-refractivity contribution in [3.8, 4) is 12.1 Å². The molecule has 16 heavy (non-hydrogen) atoms. The summed E-state index contributed by atoms with van der Waals surface area (Å²) in [5.74, 6) is 0. The molecule has 0 radical (unpaired) electrons. The maximum atomic E-state index is 9.06. The third-order valence-electron chi connectivity index (χ3n) is 2.66. The molecule has 1 aliphatic rings. The molecule has 0 saturated carbocycles. The van der Waals surface area contributed by atoms with E-state index >= 15 is 0 Å². The van der Waals surface area contributed by atoms with Gasteiger partial charge in [0.2, 0.25) is 0 Å². The monoisotopic (exact) mass is 212 g/mol. The highest BCUT2D eigenvalue weighted by Gasteiger charge is 2.17. The Labute approximate surface area is 94.7 Å². The molecule has 0 aromatic heterocycles. The molecule has 0 aliphatic carbocycles. The van der Waals surface area contributed by atoms with Gasteiger partial charge in [0, 0.05) is 13.1 Å². The quantitative estimate of drug-likeness (QED) is 0.766. The first kappa shape index (κ1) is 10.5. The van der Waals surface area contributed by atoms with Crippen LogP contribution in [-0.4, -0.2) is 13.1 Å². The number of para-hydroxylation sites is 1. The Morgan fingerprint density at radius 1 is 1.12 bits per heavy atom. The van der Waals surface area contributed by atoms with Crippen LogP contribution in [0.25, 0.3) is 0 Å². The fourth-order valence-corrected chi connectivity index (χ4v) is 1.89. The van der Waals surface area contributed by atoms with E-state index in [-0.39, 0.29) is 0 Å². The lowest BCUT2D eigenvalue weighted by atomic mass is 10.1. The minimum atomic E-state index is 0.549. The molecule has 1 aromatic rings. The van der Waals surface area contributed by atoms with Crippen LogP contribution in [0.1, 0.15) is 24.0 Å². The van der Waals surface area contributed by atoms with Crippen molar-refractivity contribution in [3.05, 3.63) is 29.3 Å². The zero-order valence-electron chi connectivity index (χ0n) is 8.90. The van der Waals surface area contributed by atoms with E-state index < -0.39 is 0 Å². The van der Waals surface area contributed by atoms with E-state index in [1.165, 1.54) is 0 Å². The van der Waals surface area contributed by atoms with Gasteiger partial charge >= 0.3 is 0 Å². The molecular weight excluding hydrogens is 200 g/mol. The normalized spacial score (nSPS) is 15.2. The Morgan fingerprint density at radius 3 is 2.31 bits per heavy atom. The maximum absolute atomic E-state index is 9.06. The van der Waals surface area contributed by atoms with E-state index in [0.29, 0.717) is 16.8 Å². The SMILES string of the molecule is N#Cc1cccc(C#N)c1N1CCCCN1. The number of rotatable bonds is 1. The van der Waals surface area contributed by atoms with Gasteiger partial charge in [-0.3, -0.25) is 0 Å². The summed E-state index contributed by atoms with van der Waals surface area (Å²) in [7, 11) is 0. The van der Waals surface area contributed by atoms with Crippen LogP contribution in [-0.2, 0) is 0 Å². The van der Waals surface area contributed by atoms with Gasteiger partial charge in [-0.25, -0.2) is 5.43 Å². The first-order valence-corrected chi connectivity index (χ1v) is 5.31. The lowest BCUT2D eigenvalue weighted by Crippen LogP contribution is -2.44. The largest absolute Gasteiger partial charge is 0.306 e. The van der Waals surface area contributed by atoms with Crippen LogP contribution >= 0.6 is 0 Å². The molecular formula is C12H12N4. The summed E-state index contributed by atoms with van der Waals surface area (Å²) in [5, 5.41) is 20.0. The second-order valence-corrected chi connectivity index (χ2v) is 3.69. The van der Waals surface area contributed by atoms with E-state index in [9.17, 15) is 0 Å². The van der Waals surface area contributed by atoms with E-state index in [4.69, 9.17) is 10.5 Å². The molecule has 0 bridgehead atoms. The number of nitriles is 2. The highest BCUT2D eigenvalue weighted by Crippen LogP contribution is 2.24. The molecule has 1 N–H and O–H groups in total. The number of nitrogens with zero attached hydrogens (tertiary/aromatic N) is 3. The lowest BCUT2D eigenvalue weighted by Gasteiger charge is -2.30. The van der Waals surface area contributed by atoms with Crippen LogP contribution < -0.4 is 10.4 Å². The molecule has 1 fully saturated rings. The van der Waals surface area contributed by atoms with Gasteiger partial charge in [0.1, 0.15) is 12.1 Å². The lowest BCUT2D eigenvalue weighted by molar-refractivity contribution is 0.511. The van der Waals surface area contributed by atoms with E-state index in [1.54, 1.807) is 18.2 Å². The van der Waals surface area contributed by atoms with Crippen molar-refractivity contribution >= 4 is 5.69 Å². The fraction of sp³-hybridized carbons (Fsp3) is 0.333. The highest BCUT2D eigenvalue weighted by molar-refractivity contribution is 5.67. The summed E-state index contributed by atoms with van der Waals surface area (Å²) in [6.07, 6.45) is 2.21. The van der Waals surface area contributed by atoms with Gasteiger partial charge in [-0.1, -0.05) is 6.07 Å². The van der Waals surface area contributed by atoms with Gasteiger partial charge in [0.15, 0.2) is 0 Å². The smallest absolute Gasteiger partial charge is 0.101 e. The molecule has 4 heteroatoms. The maximum Gasteiger partial charge on any atom is 0.101 e. The molecule has 0 unspecified atom stereocenters. The summed E-state index contributed by atoms with van der Waals surface area (Å²) >= 11 is 0. The topological polar surface area (TPSA) is 62.9 Å². The number of hydrogen-bond acceptors (Lipinski definition) is 4. The number of hydrazine groups is 1. The van der Waals surface area contributed by atoms with E-state index in [2.05, 4.69) is 17.6 Å². The van der Waals surface area contributed by atoms with Gasteiger partial charge in [0.25, 0.3) is 0 Å². The standard InChI is InChI=1S/C12H12N4/c13-8-10-4-3-5-11(9-14)12(10)16-7-2-1-6-15-16/h3-5,15H,1-2,6-7H2. The van der Waals surface area contributed by atoms with Crippen LogP contribution in [0.5, 0.6) is 0 Å². The average molecular weight is 212 g/mol. The van der Waals surface area contributed by atoms with Crippen LogP contribution in [0.3, 0.4) is 0 Å². The molecule has 0 amide bonds. The first-order valence-electron chi connectivity index (χ1n) is 5.31. The first-order chi connectivity index (χ1) is 7.86. The second kappa shape index (κ2) is 4.65. The Hall–Kier alpha value is -2.04. The molecule has 1 aliphatic heterocycles. The predicted octanol–water partition coefficient (Wildman–Crippen LogP) is 1.53. The summed E-state index contributed by atoms with van der Waals surface area (Å²) in [5.41, 5.74) is 5.03. The molecule has 2 rings (SSSR count). The van der Waals surface area contributed by atoms with Crippen LogP contribution in [0.2, 0.25) is 0 Å². The number of nitrogens with one attached hydrogen (secondary N) is 1. The number of anilines is 1. The van der Waals surface area contributed by atoms with Crippen molar-refractivity contribution in [1.29, 1.82) is 10.5 Å². The van der Waals surface area contributed by atoms with Crippen molar-refractivity contribution in [3.63, 3.8) is 0 Å². The summed E-state index contributed by atoms with van der Waals surface area (Å²) in [6.45, 7) is 1.73. The summed E-state index contributed by atoms with van der Waals surface area (Å²) < 4.78 is 0. The zero-order chi connectivity index (χ0) is 11.4. The van der Waals surface area contributed by atoms with Crippen molar-refractivity contribution in [1.82, 2.24) is 5.43 Å². The van der Waals surface area contributed by atoms with Gasteiger partial charge in [-0.15, -0.1) is 0 Å². The average Bonchev–Trinajstić information content (AvgIpc) is 2.38. The zero-order valence-corrected chi connectivity index (χ0v) is 8.90. The molecule has 4 nitrogen and oxygen atoms in total. The number of benzene rings is 1. The van der Waals surface area contributed by atoms with Gasteiger partial charge in [-0.05, 0) is 25.0 Å². The third-order valence-corrected chi connectivity index (χ3v) is 2.66. The van der Waals surface area contributed by atoms with Crippen molar-refractivity contribution in [2.45, 2.75) is 12.8 Å². The third kappa shape index (κ3) is 1.84. The fourth-order valence-electron chi connectivity index (χ4n) is 1.89. The second-order valence-electron chi connectivity index (χ2n) is 3.69. The molecule has 80 valence electrons. The van der Waals surface area contributed by atoms with E-state index in [0.717, 1.165) is 25.9 Å². The minimum Gasteiger partial charge on any atom is -0.306 e. The minimum absolute atomic E-state index is 0.549. The molecule has 1 heterocycles. The van der Waals surface area contributed by atoms with Crippen molar-refractivity contribution in [2.75, 3.05) is 18.1 Å². The Balaban J connectivity index is 2.45. The Bertz CT molecular complexity index is 429. The Morgan fingerprint density at radius 2 is 1.81 bits per heavy atom. The molecule has 1 aromatic carbocycles. The van der Waals surface area contributed by atoms with Crippen LogP contribution in [0.4, 0.5) is 5.69 Å². The van der Waals surface area contributed by atoms with Gasteiger partial charge < -0.3 is 5.01 Å². The summed E-state index contributed by atoms with van der Waals surface area (Å²) in [4.78, 5) is 0. The van der Waals surface area contributed by atoms with E-state index in [1.807, 2.05) is 5.01 Å². The van der Waals surface area contributed by atoms with Gasteiger partial charge in [-0.2, -0.15) is 10.5 Å². The van der Waals surface area contributed by atoms with Crippen molar-refractivity contribution < 1.29 is 0 Å². The number of hydrogen-bond donors (Lipinski definition) is 1. The van der Waals surface area contributed by atoms with Crippen LogP contribution in [0.15, 0.2) is 18.2 Å².